The van der Waals surface area contributed by atoms with Crippen LogP contribution in [-0.2, 0) is 16.4 Å². The Balaban J connectivity index is 1.70. The van der Waals surface area contributed by atoms with Crippen molar-refractivity contribution in [3.8, 4) is 0 Å². The molecule has 2 heterocycles. The summed E-state index contributed by atoms with van der Waals surface area (Å²) in [5.41, 5.74) is 2.49. The second-order valence-electron chi connectivity index (χ2n) is 7.74. The minimum atomic E-state index is -3.03. The summed E-state index contributed by atoms with van der Waals surface area (Å²) in [5, 5.41) is 0.996. The SMILES string of the molecule is CC(C)c1ccc(N(Cc2c(F)cccc2Cl)C2=NC3CS(=O)(=O)CC3S2)cc1. The van der Waals surface area contributed by atoms with Crippen LogP contribution in [0.3, 0.4) is 0 Å². The summed E-state index contributed by atoms with van der Waals surface area (Å²) in [7, 11) is -3.03. The van der Waals surface area contributed by atoms with E-state index in [2.05, 4.69) is 26.0 Å². The van der Waals surface area contributed by atoms with Crippen molar-refractivity contribution < 1.29 is 12.8 Å². The van der Waals surface area contributed by atoms with Gasteiger partial charge in [-0.3, -0.25) is 4.99 Å². The molecule has 0 aromatic heterocycles. The quantitative estimate of drug-likeness (QED) is 0.663. The number of aliphatic imine (C=N–C) groups is 1. The molecule has 2 unspecified atom stereocenters. The van der Waals surface area contributed by atoms with Crippen LogP contribution in [0, 0.1) is 5.82 Å². The Labute approximate surface area is 180 Å². The Hall–Kier alpha value is -1.57. The zero-order chi connectivity index (χ0) is 20.8. The van der Waals surface area contributed by atoms with E-state index in [4.69, 9.17) is 16.6 Å². The van der Waals surface area contributed by atoms with E-state index in [0.29, 0.717) is 21.7 Å². The van der Waals surface area contributed by atoms with Crippen LogP contribution in [0.2, 0.25) is 5.02 Å². The van der Waals surface area contributed by atoms with E-state index in [-0.39, 0.29) is 35.2 Å². The number of sulfone groups is 1. The normalized spacial score (nSPS) is 22.6. The molecule has 154 valence electrons. The van der Waals surface area contributed by atoms with Gasteiger partial charge in [0.2, 0.25) is 0 Å². The van der Waals surface area contributed by atoms with Crippen molar-refractivity contribution in [1.82, 2.24) is 0 Å². The van der Waals surface area contributed by atoms with Crippen molar-refractivity contribution in [2.45, 2.75) is 37.6 Å². The Morgan fingerprint density at radius 2 is 1.93 bits per heavy atom. The van der Waals surface area contributed by atoms with E-state index < -0.39 is 9.84 Å². The fourth-order valence-electron chi connectivity index (χ4n) is 3.62. The highest BCUT2D eigenvalue weighted by Gasteiger charge is 2.44. The monoisotopic (exact) mass is 452 g/mol. The summed E-state index contributed by atoms with van der Waals surface area (Å²) in [4.78, 5) is 6.63. The molecule has 2 aromatic carbocycles. The average Bonchev–Trinajstić information content (AvgIpc) is 3.15. The molecule has 0 aliphatic carbocycles. The number of rotatable bonds is 4. The maximum absolute atomic E-state index is 14.5. The van der Waals surface area contributed by atoms with E-state index in [9.17, 15) is 12.8 Å². The second-order valence-corrected chi connectivity index (χ2v) is 11.5. The first-order chi connectivity index (χ1) is 13.7. The lowest BCUT2D eigenvalue weighted by atomic mass is 10.0. The van der Waals surface area contributed by atoms with Gasteiger partial charge in [-0.1, -0.05) is 55.4 Å². The molecule has 8 heteroatoms. The van der Waals surface area contributed by atoms with Gasteiger partial charge in [-0.2, -0.15) is 0 Å². The molecule has 0 bridgehead atoms. The first kappa shape index (κ1) is 20.7. The minimum Gasteiger partial charge on any atom is -0.317 e. The van der Waals surface area contributed by atoms with Crippen LogP contribution in [0.4, 0.5) is 10.1 Å². The lowest BCUT2D eigenvalue weighted by Gasteiger charge is -2.26. The maximum atomic E-state index is 14.5. The van der Waals surface area contributed by atoms with Crippen LogP contribution in [0.25, 0.3) is 0 Å². The maximum Gasteiger partial charge on any atom is 0.164 e. The van der Waals surface area contributed by atoms with Gasteiger partial charge in [-0.05, 0) is 35.7 Å². The number of thioether (sulfide) groups is 1. The third kappa shape index (κ3) is 4.32. The Morgan fingerprint density at radius 1 is 1.21 bits per heavy atom. The highest BCUT2D eigenvalue weighted by Crippen LogP contribution is 2.38. The molecule has 1 saturated heterocycles. The number of benzene rings is 2. The number of halogens is 2. The van der Waals surface area contributed by atoms with Gasteiger partial charge in [0.1, 0.15) is 5.82 Å². The predicted molar refractivity (Wildman–Crippen MR) is 119 cm³/mol. The van der Waals surface area contributed by atoms with Gasteiger partial charge in [0.05, 0.1) is 24.1 Å². The van der Waals surface area contributed by atoms with Gasteiger partial charge in [0.25, 0.3) is 0 Å². The van der Waals surface area contributed by atoms with Gasteiger partial charge in [0, 0.05) is 21.5 Å². The first-order valence-electron chi connectivity index (χ1n) is 9.49. The average molecular weight is 453 g/mol. The first-order valence-corrected chi connectivity index (χ1v) is 12.6. The van der Waals surface area contributed by atoms with Crippen LogP contribution in [-0.4, -0.2) is 36.4 Å². The number of nitrogens with zero attached hydrogens (tertiary/aromatic N) is 2. The molecular weight excluding hydrogens is 431 g/mol. The highest BCUT2D eigenvalue weighted by atomic mass is 35.5. The summed E-state index contributed by atoms with van der Waals surface area (Å²) in [6.45, 7) is 4.49. The van der Waals surface area contributed by atoms with Crippen molar-refractivity contribution in [3.05, 3.63) is 64.4 Å². The summed E-state index contributed by atoms with van der Waals surface area (Å²) in [5.74, 6) is 0.249. The molecular formula is C21H22ClFN2O2S2. The largest absolute Gasteiger partial charge is 0.317 e. The summed E-state index contributed by atoms with van der Waals surface area (Å²) < 4.78 is 38.3. The molecule has 0 amide bonds. The number of amidine groups is 1. The molecule has 0 N–H and O–H groups in total. The van der Waals surface area contributed by atoms with Crippen LogP contribution in [0.15, 0.2) is 47.5 Å². The van der Waals surface area contributed by atoms with Crippen molar-refractivity contribution in [2.24, 2.45) is 4.99 Å². The fourth-order valence-corrected chi connectivity index (χ4v) is 7.62. The topological polar surface area (TPSA) is 49.7 Å². The molecule has 2 atom stereocenters. The summed E-state index contributed by atoms with van der Waals surface area (Å²) in [6, 6.07) is 12.5. The van der Waals surface area contributed by atoms with Gasteiger partial charge >= 0.3 is 0 Å². The standard InChI is InChI=1S/C21H22ClFN2O2S2/c1-13(2)14-6-8-15(9-7-14)25(10-16-17(22)4-3-5-18(16)23)21-24-19-11-29(26,27)12-20(19)28-21/h3-9,13,19-20H,10-12H2,1-2H3. The number of hydrogen-bond donors (Lipinski definition) is 0. The Morgan fingerprint density at radius 3 is 2.55 bits per heavy atom. The van der Waals surface area contributed by atoms with E-state index in [0.717, 1.165) is 5.69 Å². The third-order valence-electron chi connectivity index (χ3n) is 5.29. The van der Waals surface area contributed by atoms with Crippen LogP contribution in [0.1, 0.15) is 30.9 Å². The number of fused-ring (bicyclic) bond motifs is 1. The minimum absolute atomic E-state index is 0.0781. The van der Waals surface area contributed by atoms with E-state index in [1.807, 2.05) is 17.0 Å². The lowest BCUT2D eigenvalue weighted by Crippen LogP contribution is -2.28. The van der Waals surface area contributed by atoms with Gasteiger partial charge in [0.15, 0.2) is 15.0 Å². The van der Waals surface area contributed by atoms with Gasteiger partial charge in [-0.15, -0.1) is 0 Å². The molecule has 0 radical (unpaired) electrons. The molecule has 1 fully saturated rings. The summed E-state index contributed by atoms with van der Waals surface area (Å²) in [6.07, 6.45) is 0. The predicted octanol–water partition coefficient (Wildman–Crippen LogP) is 4.88. The van der Waals surface area contributed by atoms with Crippen molar-refractivity contribution >= 4 is 44.1 Å². The molecule has 4 nitrogen and oxygen atoms in total. The molecule has 29 heavy (non-hydrogen) atoms. The van der Waals surface area contributed by atoms with Crippen LogP contribution in [0.5, 0.6) is 0 Å². The van der Waals surface area contributed by atoms with Gasteiger partial charge in [-0.25, -0.2) is 12.8 Å². The Bertz CT molecular complexity index is 1030. The van der Waals surface area contributed by atoms with Crippen molar-refractivity contribution in [2.75, 3.05) is 16.4 Å². The lowest BCUT2D eigenvalue weighted by molar-refractivity contribution is 0.601. The molecule has 2 aliphatic heterocycles. The zero-order valence-corrected chi connectivity index (χ0v) is 18.6. The van der Waals surface area contributed by atoms with Gasteiger partial charge < -0.3 is 4.90 Å². The second kappa shape index (κ2) is 7.93. The van der Waals surface area contributed by atoms with Crippen molar-refractivity contribution in [1.29, 1.82) is 0 Å². The number of hydrogen-bond acceptors (Lipinski definition) is 5. The molecule has 2 aromatic rings. The molecule has 2 aliphatic rings. The highest BCUT2D eigenvalue weighted by molar-refractivity contribution is 8.15. The van der Waals surface area contributed by atoms with E-state index in [1.165, 1.54) is 23.4 Å². The smallest absolute Gasteiger partial charge is 0.164 e. The summed E-state index contributed by atoms with van der Waals surface area (Å²) >= 11 is 7.73. The van der Waals surface area contributed by atoms with Crippen molar-refractivity contribution in [3.63, 3.8) is 0 Å². The molecule has 4 rings (SSSR count). The van der Waals surface area contributed by atoms with Crippen LogP contribution >= 0.6 is 23.4 Å². The number of anilines is 1. The molecule has 0 spiro atoms. The Kier molecular flexibility index (Phi) is 5.66. The zero-order valence-electron chi connectivity index (χ0n) is 16.2. The van der Waals surface area contributed by atoms with E-state index in [1.54, 1.807) is 12.1 Å². The van der Waals surface area contributed by atoms with E-state index >= 15 is 0 Å². The molecule has 0 saturated carbocycles. The van der Waals surface area contributed by atoms with Crippen LogP contribution < -0.4 is 4.90 Å². The third-order valence-corrected chi connectivity index (χ3v) is 8.89. The fraction of sp³-hybridized carbons (Fsp3) is 0.381.